The van der Waals surface area contributed by atoms with Crippen LogP contribution in [0.25, 0.3) is 0 Å². The van der Waals surface area contributed by atoms with Gasteiger partial charge in [-0.3, -0.25) is 0 Å². The van der Waals surface area contributed by atoms with Gasteiger partial charge in [0.2, 0.25) is 0 Å². The molecule has 1 aromatic rings. The third kappa shape index (κ3) is 5.44. The minimum absolute atomic E-state index is 0.157. The first-order chi connectivity index (χ1) is 9.69. The molecule has 2 N–H and O–H groups in total. The summed E-state index contributed by atoms with van der Waals surface area (Å²) in [5.74, 6) is -0.417. The van der Waals surface area contributed by atoms with Crippen LogP contribution in [0.5, 0.6) is 0 Å². The first-order valence-corrected chi connectivity index (χ1v) is 8.67. The summed E-state index contributed by atoms with van der Waals surface area (Å²) < 4.78 is 5.46. The zero-order valence-corrected chi connectivity index (χ0v) is 14.7. The van der Waals surface area contributed by atoms with Gasteiger partial charge in [0.25, 0.3) is 0 Å². The van der Waals surface area contributed by atoms with Crippen molar-refractivity contribution in [1.82, 2.24) is 0 Å². The average molecular weight is 359 g/mol. The zero-order chi connectivity index (χ0) is 16.1. The summed E-state index contributed by atoms with van der Waals surface area (Å²) in [4.78, 5) is 12.6. The van der Waals surface area contributed by atoms with Gasteiger partial charge < -0.3 is 0 Å². The van der Waals surface area contributed by atoms with Crippen molar-refractivity contribution >= 4 is 25.4 Å². The standard InChI is InChI=1S/C16H24O4Se/c1-15(2,3)20-14(19)16(4,13(18)10-11-17)21-12-8-6-5-7-9-12/h5-9,13,17-18H,10-11H2,1-4H3/t13-,16-/m0/s1. The number of aliphatic hydroxyl groups is 2. The third-order valence-electron chi connectivity index (χ3n) is 2.92. The summed E-state index contributed by atoms with van der Waals surface area (Å²) in [7, 11) is 0. The molecule has 5 heteroatoms. The molecule has 0 bridgehead atoms. The molecule has 118 valence electrons. The Morgan fingerprint density at radius 2 is 1.81 bits per heavy atom. The molecule has 0 heterocycles. The van der Waals surface area contributed by atoms with Crippen LogP contribution < -0.4 is 4.46 Å². The minimum atomic E-state index is -1.02. The number of esters is 1. The first kappa shape index (κ1) is 18.2. The van der Waals surface area contributed by atoms with Crippen LogP contribution in [0.3, 0.4) is 0 Å². The van der Waals surface area contributed by atoms with Crippen LogP contribution in [0.2, 0.25) is 4.31 Å². The number of ether oxygens (including phenoxy) is 1. The maximum absolute atomic E-state index is 12.6. The molecule has 0 aliphatic rings. The molecular weight excluding hydrogens is 335 g/mol. The Labute approximate surface area is 132 Å². The second kappa shape index (κ2) is 7.41. The Hall–Kier alpha value is -0.871. The molecule has 4 nitrogen and oxygen atoms in total. The Balaban J connectivity index is 3.02. The van der Waals surface area contributed by atoms with Crippen LogP contribution in [0.1, 0.15) is 34.1 Å². The normalized spacial score (nSPS) is 16.1. The Morgan fingerprint density at radius 3 is 2.29 bits per heavy atom. The van der Waals surface area contributed by atoms with Gasteiger partial charge in [0.1, 0.15) is 0 Å². The molecule has 0 unspecified atom stereocenters. The van der Waals surface area contributed by atoms with Crippen molar-refractivity contribution in [2.45, 2.75) is 50.1 Å². The van der Waals surface area contributed by atoms with E-state index in [1.165, 1.54) is 0 Å². The summed E-state index contributed by atoms with van der Waals surface area (Å²) in [5, 5.41) is 19.4. The van der Waals surface area contributed by atoms with E-state index in [9.17, 15) is 9.90 Å². The number of aliphatic hydroxyl groups excluding tert-OH is 2. The Kier molecular flexibility index (Phi) is 6.41. The Morgan fingerprint density at radius 1 is 1.24 bits per heavy atom. The van der Waals surface area contributed by atoms with Crippen LogP contribution in [-0.4, -0.2) is 49.5 Å². The molecule has 0 saturated carbocycles. The molecule has 2 atom stereocenters. The van der Waals surface area contributed by atoms with Crippen molar-refractivity contribution in [2.24, 2.45) is 0 Å². The van der Waals surface area contributed by atoms with E-state index in [4.69, 9.17) is 9.84 Å². The van der Waals surface area contributed by atoms with E-state index >= 15 is 0 Å². The third-order valence-corrected chi connectivity index (χ3v) is 5.79. The van der Waals surface area contributed by atoms with Crippen LogP contribution in [0, 0.1) is 0 Å². The van der Waals surface area contributed by atoms with Crippen LogP contribution in [0.15, 0.2) is 30.3 Å². The monoisotopic (exact) mass is 360 g/mol. The van der Waals surface area contributed by atoms with Gasteiger partial charge in [0, 0.05) is 0 Å². The van der Waals surface area contributed by atoms with E-state index in [2.05, 4.69) is 0 Å². The average Bonchev–Trinajstić information content (AvgIpc) is 2.38. The second-order valence-electron chi connectivity index (χ2n) is 6.05. The Bertz CT molecular complexity index is 455. The molecule has 0 aromatic heterocycles. The number of hydrogen-bond donors (Lipinski definition) is 2. The van der Waals surface area contributed by atoms with Crippen molar-refractivity contribution in [3.8, 4) is 0 Å². The summed E-state index contributed by atoms with van der Waals surface area (Å²) in [6.45, 7) is 6.97. The number of benzene rings is 1. The number of rotatable bonds is 6. The van der Waals surface area contributed by atoms with E-state index < -0.39 is 22.0 Å². The fourth-order valence-electron chi connectivity index (χ4n) is 1.76. The zero-order valence-electron chi connectivity index (χ0n) is 13.0. The maximum atomic E-state index is 12.6. The van der Waals surface area contributed by atoms with Gasteiger partial charge in [-0.05, 0) is 0 Å². The summed E-state index contributed by atoms with van der Waals surface area (Å²) >= 11 is -0.300. The summed E-state index contributed by atoms with van der Waals surface area (Å²) in [6.07, 6.45) is -0.776. The van der Waals surface area contributed by atoms with E-state index in [1.54, 1.807) is 27.7 Å². The van der Waals surface area contributed by atoms with Gasteiger partial charge in [0.15, 0.2) is 0 Å². The van der Waals surface area contributed by atoms with Crippen molar-refractivity contribution in [1.29, 1.82) is 0 Å². The van der Waals surface area contributed by atoms with Crippen molar-refractivity contribution in [2.75, 3.05) is 6.61 Å². The molecule has 21 heavy (non-hydrogen) atoms. The predicted octanol–water partition coefficient (Wildman–Crippen LogP) is 1.28. The quantitative estimate of drug-likeness (QED) is 0.593. The van der Waals surface area contributed by atoms with Gasteiger partial charge >= 0.3 is 132 Å². The van der Waals surface area contributed by atoms with E-state index in [0.717, 1.165) is 4.46 Å². The number of hydrogen-bond acceptors (Lipinski definition) is 4. The molecular formula is C16H24O4Se. The SMILES string of the molecule is CC(C)(C)OC(=O)[C@@](C)([Se]c1ccccc1)[C@@H](O)CCO. The molecule has 0 spiro atoms. The predicted molar refractivity (Wildman–Crippen MR) is 83.8 cm³/mol. The van der Waals surface area contributed by atoms with Crippen LogP contribution in [0.4, 0.5) is 0 Å². The molecule has 0 aliphatic heterocycles. The van der Waals surface area contributed by atoms with Gasteiger partial charge in [-0.2, -0.15) is 0 Å². The molecule has 0 radical (unpaired) electrons. The molecule has 0 amide bonds. The molecule has 0 aliphatic carbocycles. The van der Waals surface area contributed by atoms with Gasteiger partial charge in [-0.15, -0.1) is 0 Å². The summed E-state index contributed by atoms with van der Waals surface area (Å²) in [6, 6.07) is 9.60. The molecule has 1 rings (SSSR count). The van der Waals surface area contributed by atoms with Gasteiger partial charge in [-0.1, -0.05) is 0 Å². The number of carbonyl (C=O) groups is 1. The van der Waals surface area contributed by atoms with Crippen molar-refractivity contribution < 1.29 is 19.7 Å². The van der Waals surface area contributed by atoms with E-state index in [-0.39, 0.29) is 28.0 Å². The fourth-order valence-corrected chi connectivity index (χ4v) is 4.19. The van der Waals surface area contributed by atoms with Crippen molar-refractivity contribution in [3.05, 3.63) is 30.3 Å². The van der Waals surface area contributed by atoms with Gasteiger partial charge in [-0.25, -0.2) is 0 Å². The summed E-state index contributed by atoms with van der Waals surface area (Å²) in [5.41, 5.74) is -0.607. The number of carbonyl (C=O) groups excluding carboxylic acids is 1. The molecule has 0 fully saturated rings. The topological polar surface area (TPSA) is 66.8 Å². The van der Waals surface area contributed by atoms with Crippen molar-refractivity contribution in [3.63, 3.8) is 0 Å². The van der Waals surface area contributed by atoms with E-state index in [0.29, 0.717) is 0 Å². The van der Waals surface area contributed by atoms with Crippen LogP contribution in [-0.2, 0) is 9.53 Å². The van der Waals surface area contributed by atoms with Gasteiger partial charge in [0.05, 0.1) is 0 Å². The second-order valence-corrected chi connectivity index (χ2v) is 9.25. The van der Waals surface area contributed by atoms with Crippen LogP contribution >= 0.6 is 0 Å². The fraction of sp³-hybridized carbons (Fsp3) is 0.562. The first-order valence-electron chi connectivity index (χ1n) is 6.95. The van der Waals surface area contributed by atoms with E-state index in [1.807, 2.05) is 30.3 Å². The molecule has 0 saturated heterocycles. The molecule has 1 aromatic carbocycles.